The minimum atomic E-state index is 0.627. The topological polar surface area (TPSA) is 29.9 Å². The third-order valence-corrected chi connectivity index (χ3v) is 4.09. The van der Waals surface area contributed by atoms with Crippen LogP contribution in [0.4, 0.5) is 5.95 Å². The Balaban J connectivity index is 1.95. The smallest absolute Gasteiger partial charge is 0.203 e. The second-order valence-electron chi connectivity index (χ2n) is 5.94. The minimum Gasteiger partial charge on any atom is -0.353 e. The van der Waals surface area contributed by atoms with Gasteiger partial charge in [0.05, 0.1) is 5.69 Å². The van der Waals surface area contributed by atoms with Crippen molar-refractivity contribution in [2.75, 3.05) is 5.32 Å². The van der Waals surface area contributed by atoms with Gasteiger partial charge in [0.1, 0.15) is 0 Å². The van der Waals surface area contributed by atoms with Crippen molar-refractivity contribution in [2.45, 2.75) is 84.2 Å². The van der Waals surface area contributed by atoms with Gasteiger partial charge in [-0.15, -0.1) is 0 Å². The fourth-order valence-corrected chi connectivity index (χ4v) is 2.94. The zero-order valence-electron chi connectivity index (χ0n) is 12.6. The highest BCUT2D eigenvalue weighted by atomic mass is 15.2. The van der Waals surface area contributed by atoms with E-state index in [1.807, 2.05) is 0 Å². The summed E-state index contributed by atoms with van der Waals surface area (Å²) in [7, 11) is 0. The lowest BCUT2D eigenvalue weighted by molar-refractivity contribution is 0.467. The number of aromatic nitrogens is 2. The van der Waals surface area contributed by atoms with Crippen molar-refractivity contribution in [1.29, 1.82) is 0 Å². The first-order valence-electron chi connectivity index (χ1n) is 8.10. The van der Waals surface area contributed by atoms with Crippen LogP contribution in [0.2, 0.25) is 0 Å². The highest BCUT2D eigenvalue weighted by Crippen LogP contribution is 2.21. The molecule has 1 aliphatic carbocycles. The number of nitrogens with zero attached hydrogens (tertiary/aromatic N) is 2. The molecule has 0 spiro atoms. The molecule has 1 aliphatic rings. The summed E-state index contributed by atoms with van der Waals surface area (Å²) >= 11 is 0. The number of hydrogen-bond donors (Lipinski definition) is 1. The van der Waals surface area contributed by atoms with E-state index < -0.39 is 0 Å². The summed E-state index contributed by atoms with van der Waals surface area (Å²) < 4.78 is 2.30. The van der Waals surface area contributed by atoms with Crippen LogP contribution in [0, 0.1) is 6.92 Å². The molecule has 0 atom stereocenters. The van der Waals surface area contributed by atoms with Gasteiger partial charge in [-0.25, -0.2) is 4.98 Å². The highest BCUT2D eigenvalue weighted by molar-refractivity contribution is 5.30. The number of unbranched alkanes of at least 4 members (excludes halogenated alkanes) is 1. The maximum atomic E-state index is 4.66. The molecule has 1 saturated carbocycles. The van der Waals surface area contributed by atoms with E-state index in [2.05, 4.69) is 34.9 Å². The molecule has 0 aliphatic heterocycles. The monoisotopic (exact) mass is 263 g/mol. The van der Waals surface area contributed by atoms with Gasteiger partial charge in [-0.05, 0) is 26.2 Å². The van der Waals surface area contributed by atoms with Gasteiger partial charge in [-0.3, -0.25) is 0 Å². The van der Waals surface area contributed by atoms with Gasteiger partial charge < -0.3 is 9.88 Å². The molecule has 3 nitrogen and oxygen atoms in total. The first-order chi connectivity index (χ1) is 9.29. The molecule has 0 aromatic carbocycles. The predicted molar refractivity (Wildman–Crippen MR) is 81.6 cm³/mol. The number of anilines is 1. The van der Waals surface area contributed by atoms with Gasteiger partial charge in [0, 0.05) is 18.8 Å². The Morgan fingerprint density at radius 3 is 2.58 bits per heavy atom. The van der Waals surface area contributed by atoms with Gasteiger partial charge in [0.25, 0.3) is 0 Å². The zero-order valence-corrected chi connectivity index (χ0v) is 12.6. The Hall–Kier alpha value is -0.990. The summed E-state index contributed by atoms with van der Waals surface area (Å²) in [5.74, 6) is 1.09. The van der Waals surface area contributed by atoms with Gasteiger partial charge in [-0.1, -0.05) is 45.4 Å². The molecule has 1 aromatic rings. The van der Waals surface area contributed by atoms with Crippen LogP contribution in [-0.2, 0) is 6.54 Å². The maximum Gasteiger partial charge on any atom is 0.203 e. The maximum absolute atomic E-state index is 4.66. The molecule has 0 unspecified atom stereocenters. The molecule has 0 bridgehead atoms. The van der Waals surface area contributed by atoms with Crippen LogP contribution in [-0.4, -0.2) is 15.6 Å². The number of imidazole rings is 1. The molecule has 1 fully saturated rings. The summed E-state index contributed by atoms with van der Waals surface area (Å²) in [6.07, 6.45) is 14.2. The van der Waals surface area contributed by atoms with E-state index >= 15 is 0 Å². The summed E-state index contributed by atoms with van der Waals surface area (Å²) in [4.78, 5) is 4.66. The molecule has 19 heavy (non-hydrogen) atoms. The van der Waals surface area contributed by atoms with E-state index in [1.165, 1.54) is 57.8 Å². The van der Waals surface area contributed by atoms with E-state index in [0.29, 0.717) is 6.04 Å². The fourth-order valence-electron chi connectivity index (χ4n) is 2.94. The molecule has 0 saturated heterocycles. The van der Waals surface area contributed by atoms with Crippen molar-refractivity contribution in [1.82, 2.24) is 9.55 Å². The van der Waals surface area contributed by atoms with Crippen molar-refractivity contribution in [3.63, 3.8) is 0 Å². The molecule has 0 radical (unpaired) electrons. The Kier molecular flexibility index (Phi) is 5.74. The second kappa shape index (κ2) is 7.56. The molecule has 2 rings (SSSR count). The Morgan fingerprint density at radius 1 is 1.21 bits per heavy atom. The van der Waals surface area contributed by atoms with Crippen LogP contribution in [0.1, 0.15) is 70.4 Å². The normalized spacial score (nSPS) is 18.0. The molecule has 1 N–H and O–H groups in total. The first kappa shape index (κ1) is 14.4. The van der Waals surface area contributed by atoms with E-state index in [9.17, 15) is 0 Å². The van der Waals surface area contributed by atoms with E-state index in [-0.39, 0.29) is 0 Å². The van der Waals surface area contributed by atoms with Crippen LogP contribution >= 0.6 is 0 Å². The van der Waals surface area contributed by atoms with Gasteiger partial charge in [0.2, 0.25) is 5.95 Å². The van der Waals surface area contributed by atoms with Crippen molar-refractivity contribution in [3.05, 3.63) is 11.9 Å². The minimum absolute atomic E-state index is 0.627. The van der Waals surface area contributed by atoms with Crippen LogP contribution in [0.25, 0.3) is 0 Å². The van der Waals surface area contributed by atoms with Crippen molar-refractivity contribution in [2.24, 2.45) is 0 Å². The van der Waals surface area contributed by atoms with Gasteiger partial charge >= 0.3 is 0 Å². The van der Waals surface area contributed by atoms with Crippen LogP contribution in [0.15, 0.2) is 6.20 Å². The average molecular weight is 263 g/mol. The molecule has 3 heteroatoms. The quantitative estimate of drug-likeness (QED) is 0.846. The second-order valence-corrected chi connectivity index (χ2v) is 5.94. The third kappa shape index (κ3) is 4.55. The number of nitrogens with one attached hydrogen (secondary N) is 1. The van der Waals surface area contributed by atoms with E-state index in [1.54, 1.807) is 0 Å². The van der Waals surface area contributed by atoms with Crippen molar-refractivity contribution >= 4 is 5.95 Å². The number of hydrogen-bond acceptors (Lipinski definition) is 2. The summed E-state index contributed by atoms with van der Waals surface area (Å²) in [6.45, 7) is 5.42. The molecular formula is C16H29N3. The highest BCUT2D eigenvalue weighted by Gasteiger charge is 2.14. The van der Waals surface area contributed by atoms with Crippen LogP contribution in [0.3, 0.4) is 0 Å². The Morgan fingerprint density at radius 2 is 1.89 bits per heavy atom. The zero-order chi connectivity index (χ0) is 13.5. The lowest BCUT2D eigenvalue weighted by Gasteiger charge is -2.22. The fraction of sp³-hybridized carbons (Fsp3) is 0.812. The summed E-state index contributed by atoms with van der Waals surface area (Å²) in [5.41, 5.74) is 1.13. The van der Waals surface area contributed by atoms with E-state index in [0.717, 1.165) is 18.2 Å². The van der Waals surface area contributed by atoms with Crippen LogP contribution in [0.5, 0.6) is 0 Å². The van der Waals surface area contributed by atoms with Gasteiger partial charge in [0.15, 0.2) is 0 Å². The van der Waals surface area contributed by atoms with Crippen molar-refractivity contribution in [3.8, 4) is 0 Å². The standard InChI is InChI=1S/C16H29N3/c1-3-4-12-19-13-14(2)17-16(19)18-15-10-8-6-5-7-9-11-15/h13,15H,3-12H2,1-2H3,(H,17,18). The lowest BCUT2D eigenvalue weighted by atomic mass is 9.97. The molecule has 108 valence electrons. The molecule has 1 aromatic heterocycles. The predicted octanol–water partition coefficient (Wildman–Crippen LogP) is 4.52. The van der Waals surface area contributed by atoms with Gasteiger partial charge in [-0.2, -0.15) is 0 Å². The number of aryl methyl sites for hydroxylation is 2. The SMILES string of the molecule is CCCCn1cc(C)nc1NC1CCCCCCC1. The molecule has 1 heterocycles. The summed E-state index contributed by atoms with van der Waals surface area (Å²) in [5, 5.41) is 3.70. The third-order valence-electron chi connectivity index (χ3n) is 4.09. The first-order valence-corrected chi connectivity index (χ1v) is 8.10. The molecular weight excluding hydrogens is 234 g/mol. The lowest BCUT2D eigenvalue weighted by Crippen LogP contribution is -2.23. The Bertz CT molecular complexity index is 362. The average Bonchev–Trinajstić information content (AvgIpc) is 2.70. The number of rotatable bonds is 5. The van der Waals surface area contributed by atoms with E-state index in [4.69, 9.17) is 0 Å². The Labute approximate surface area is 117 Å². The van der Waals surface area contributed by atoms with Crippen LogP contribution < -0.4 is 5.32 Å². The summed E-state index contributed by atoms with van der Waals surface area (Å²) in [6, 6.07) is 0.627. The van der Waals surface area contributed by atoms with Crippen molar-refractivity contribution < 1.29 is 0 Å². The largest absolute Gasteiger partial charge is 0.353 e. The molecule has 0 amide bonds.